The summed E-state index contributed by atoms with van der Waals surface area (Å²) in [7, 11) is 0. The summed E-state index contributed by atoms with van der Waals surface area (Å²) in [6.07, 6.45) is 1.39. The molecule has 0 bridgehead atoms. The lowest BCUT2D eigenvalue weighted by atomic mass is 9.46. The number of nitrogens with one attached hydrogen (secondary N) is 2. The summed E-state index contributed by atoms with van der Waals surface area (Å²) in [5.41, 5.74) is 0.0534. The number of benzene rings is 1. The highest BCUT2D eigenvalue weighted by Crippen LogP contribution is 2.61. The van der Waals surface area contributed by atoms with E-state index in [2.05, 4.69) is 17.6 Å². The molecular weight excluding hydrogens is 420 g/mol. The van der Waals surface area contributed by atoms with Gasteiger partial charge < -0.3 is 25.6 Å². The molecule has 33 heavy (non-hydrogen) atoms. The van der Waals surface area contributed by atoms with E-state index in [1.54, 1.807) is 0 Å². The number of aliphatic hydroxyl groups is 2. The third-order valence-corrected chi connectivity index (χ3v) is 8.07. The van der Waals surface area contributed by atoms with E-state index in [1.807, 2.05) is 51.1 Å². The Bertz CT molecular complexity index is 816. The lowest BCUT2D eigenvalue weighted by Gasteiger charge is -2.60. The smallest absolute Gasteiger partial charge is 0.407 e. The lowest BCUT2D eigenvalue weighted by molar-refractivity contribution is -0.186. The van der Waals surface area contributed by atoms with Gasteiger partial charge in [-0.05, 0) is 62.3 Å². The van der Waals surface area contributed by atoms with Crippen molar-refractivity contribution in [3.63, 3.8) is 0 Å². The molecular formula is C26H40N2O5. The van der Waals surface area contributed by atoms with E-state index < -0.39 is 23.7 Å². The van der Waals surface area contributed by atoms with Crippen LogP contribution in [0.2, 0.25) is 0 Å². The van der Waals surface area contributed by atoms with Gasteiger partial charge in [-0.1, -0.05) is 44.2 Å². The molecule has 0 aliphatic heterocycles. The molecule has 2 amide bonds. The Hall–Kier alpha value is -2.12. The standard InChI is InChI=1S/C26H40N2O5/c1-17(2)28-24(32)33-22-12-13-25(3)19(20(30)10-11-21(25)26(22,4)16-29)14-23(31)27-15-18-8-6-5-7-9-18/h5-9,17,19-22,29-30H,10-16H2,1-4H3,(H,27,31)(H,28,32)/t19-,20-,21-,22+,25-,26+/m1/s1. The molecule has 184 valence electrons. The number of aliphatic hydroxyl groups excluding tert-OH is 2. The molecule has 1 aromatic carbocycles. The van der Waals surface area contributed by atoms with Crippen LogP contribution in [0, 0.1) is 22.7 Å². The number of fused-ring (bicyclic) bond motifs is 1. The van der Waals surface area contributed by atoms with Crippen LogP contribution in [0.1, 0.15) is 65.4 Å². The third-order valence-electron chi connectivity index (χ3n) is 8.07. The molecule has 3 rings (SSSR count). The van der Waals surface area contributed by atoms with Crippen molar-refractivity contribution in [3.05, 3.63) is 35.9 Å². The maximum atomic E-state index is 12.8. The van der Waals surface area contributed by atoms with Gasteiger partial charge in [-0.2, -0.15) is 0 Å². The molecule has 1 aromatic rings. The Morgan fingerprint density at radius 3 is 2.48 bits per heavy atom. The monoisotopic (exact) mass is 460 g/mol. The molecule has 7 heteroatoms. The fourth-order valence-electron chi connectivity index (χ4n) is 6.25. The second-order valence-electron chi connectivity index (χ2n) is 10.7. The summed E-state index contributed by atoms with van der Waals surface area (Å²) in [5, 5.41) is 27.1. The van der Waals surface area contributed by atoms with Crippen LogP contribution in [0.15, 0.2) is 30.3 Å². The van der Waals surface area contributed by atoms with Crippen molar-refractivity contribution in [3.8, 4) is 0 Å². The average Bonchev–Trinajstić information content (AvgIpc) is 2.77. The quantitative estimate of drug-likeness (QED) is 0.499. The highest BCUT2D eigenvalue weighted by atomic mass is 16.6. The van der Waals surface area contributed by atoms with E-state index in [0.29, 0.717) is 19.4 Å². The molecule has 6 atom stereocenters. The van der Waals surface area contributed by atoms with Gasteiger partial charge in [0.2, 0.25) is 5.91 Å². The molecule has 2 saturated carbocycles. The van der Waals surface area contributed by atoms with E-state index in [9.17, 15) is 19.8 Å². The van der Waals surface area contributed by atoms with Crippen molar-refractivity contribution >= 4 is 12.0 Å². The minimum absolute atomic E-state index is 0.0240. The number of carbonyl (C=O) groups is 2. The highest BCUT2D eigenvalue weighted by Gasteiger charge is 2.60. The predicted molar refractivity (Wildman–Crippen MR) is 126 cm³/mol. The summed E-state index contributed by atoms with van der Waals surface area (Å²) in [6, 6.07) is 9.73. The van der Waals surface area contributed by atoms with Crippen LogP contribution in [0.5, 0.6) is 0 Å². The summed E-state index contributed by atoms with van der Waals surface area (Å²) < 4.78 is 5.78. The maximum Gasteiger partial charge on any atom is 0.407 e. The van der Waals surface area contributed by atoms with Gasteiger partial charge >= 0.3 is 6.09 Å². The molecule has 2 fully saturated rings. The Morgan fingerprint density at radius 1 is 1.15 bits per heavy atom. The van der Waals surface area contributed by atoms with Crippen LogP contribution in [0.4, 0.5) is 4.79 Å². The number of ether oxygens (including phenoxy) is 1. The number of carbonyl (C=O) groups excluding carboxylic acids is 2. The van der Waals surface area contributed by atoms with Crippen molar-refractivity contribution in [2.45, 2.75) is 84.6 Å². The lowest BCUT2D eigenvalue weighted by Crippen LogP contribution is -2.61. The molecule has 7 nitrogen and oxygen atoms in total. The largest absolute Gasteiger partial charge is 0.446 e. The van der Waals surface area contributed by atoms with Crippen LogP contribution < -0.4 is 10.6 Å². The van der Waals surface area contributed by atoms with Gasteiger partial charge in [-0.25, -0.2) is 4.79 Å². The normalized spacial score (nSPS) is 33.8. The summed E-state index contributed by atoms with van der Waals surface area (Å²) >= 11 is 0. The first kappa shape index (κ1) is 25.5. The van der Waals surface area contributed by atoms with Gasteiger partial charge in [0.05, 0.1) is 12.7 Å². The Labute approximate surface area is 197 Å². The molecule has 0 spiro atoms. The number of hydrogen-bond donors (Lipinski definition) is 4. The van der Waals surface area contributed by atoms with E-state index in [1.165, 1.54) is 0 Å². The summed E-state index contributed by atoms with van der Waals surface area (Å²) in [6.45, 7) is 8.20. The minimum atomic E-state index is -0.639. The van der Waals surface area contributed by atoms with Crippen molar-refractivity contribution in [2.24, 2.45) is 22.7 Å². The van der Waals surface area contributed by atoms with Gasteiger partial charge in [0.1, 0.15) is 6.10 Å². The average molecular weight is 461 g/mol. The van der Waals surface area contributed by atoms with Crippen LogP contribution >= 0.6 is 0 Å². The van der Waals surface area contributed by atoms with Crippen molar-refractivity contribution in [1.29, 1.82) is 0 Å². The van der Waals surface area contributed by atoms with Gasteiger partial charge in [0.25, 0.3) is 0 Å². The Morgan fingerprint density at radius 2 is 1.85 bits per heavy atom. The maximum absolute atomic E-state index is 12.8. The van der Waals surface area contributed by atoms with Crippen LogP contribution in [0.25, 0.3) is 0 Å². The van der Waals surface area contributed by atoms with Crippen LogP contribution in [-0.2, 0) is 16.1 Å². The molecule has 0 radical (unpaired) electrons. The van der Waals surface area contributed by atoms with E-state index in [4.69, 9.17) is 4.74 Å². The minimum Gasteiger partial charge on any atom is -0.446 e. The third kappa shape index (κ3) is 5.52. The molecule has 0 saturated heterocycles. The molecule has 0 unspecified atom stereocenters. The Balaban J connectivity index is 1.73. The number of hydrogen-bond acceptors (Lipinski definition) is 5. The molecule has 0 heterocycles. The van der Waals surface area contributed by atoms with Crippen molar-refractivity contribution in [2.75, 3.05) is 6.61 Å². The summed E-state index contributed by atoms with van der Waals surface area (Å²) in [5.74, 6) is -0.274. The van der Waals surface area contributed by atoms with Gasteiger partial charge in [0.15, 0.2) is 0 Å². The first-order valence-electron chi connectivity index (χ1n) is 12.2. The molecule has 2 aliphatic rings. The number of rotatable bonds is 7. The van der Waals surface area contributed by atoms with Crippen LogP contribution in [0.3, 0.4) is 0 Å². The van der Waals surface area contributed by atoms with Gasteiger partial charge in [-0.3, -0.25) is 4.79 Å². The van der Waals surface area contributed by atoms with E-state index in [-0.39, 0.29) is 42.2 Å². The van der Waals surface area contributed by atoms with Crippen LogP contribution in [-0.4, -0.2) is 47.1 Å². The van der Waals surface area contributed by atoms with Gasteiger partial charge in [0, 0.05) is 24.4 Å². The molecule has 0 aromatic heterocycles. The van der Waals surface area contributed by atoms with E-state index in [0.717, 1.165) is 18.4 Å². The summed E-state index contributed by atoms with van der Waals surface area (Å²) in [4.78, 5) is 25.1. The first-order valence-corrected chi connectivity index (χ1v) is 12.2. The molecule has 4 N–H and O–H groups in total. The second-order valence-corrected chi connectivity index (χ2v) is 10.7. The number of amides is 2. The fraction of sp³-hybridized carbons (Fsp3) is 0.692. The zero-order chi connectivity index (χ0) is 24.2. The Kier molecular flexibility index (Phi) is 8.06. The first-order chi connectivity index (χ1) is 15.6. The fourth-order valence-corrected chi connectivity index (χ4v) is 6.25. The van der Waals surface area contributed by atoms with E-state index >= 15 is 0 Å². The highest BCUT2D eigenvalue weighted by molar-refractivity contribution is 5.76. The van der Waals surface area contributed by atoms with Gasteiger partial charge in [-0.15, -0.1) is 0 Å². The second kappa shape index (κ2) is 10.4. The zero-order valence-corrected chi connectivity index (χ0v) is 20.3. The number of alkyl carbamates (subject to hydrolysis) is 1. The zero-order valence-electron chi connectivity index (χ0n) is 20.3. The molecule has 2 aliphatic carbocycles. The predicted octanol–water partition coefficient (Wildman–Crippen LogP) is 3.38. The van der Waals surface area contributed by atoms with Crippen molar-refractivity contribution in [1.82, 2.24) is 10.6 Å². The van der Waals surface area contributed by atoms with Crippen molar-refractivity contribution < 1.29 is 24.5 Å². The topological polar surface area (TPSA) is 108 Å². The SMILES string of the molecule is CC(C)NC(=O)O[C@H]1CC[C@@]2(C)[C@@H](CC[C@@H](O)[C@H]2CC(=O)NCc2ccccc2)[C@]1(C)CO.